The molecule has 4 unspecified atom stereocenters. The van der Waals surface area contributed by atoms with Gasteiger partial charge in [-0.1, -0.05) is 84.5 Å². The number of hydrogen-bond acceptors (Lipinski definition) is 7. The summed E-state index contributed by atoms with van der Waals surface area (Å²) in [6.45, 7) is 15.5. The zero-order chi connectivity index (χ0) is 34.0. The van der Waals surface area contributed by atoms with Crippen molar-refractivity contribution in [3.63, 3.8) is 0 Å². The molecule has 4 atom stereocenters. The maximum atomic E-state index is 12.5. The second kappa shape index (κ2) is 14.7. The van der Waals surface area contributed by atoms with Crippen LogP contribution in [-0.4, -0.2) is 26.0 Å². The molecular weight excluding hydrogens is 681 g/mol. The van der Waals surface area contributed by atoms with Gasteiger partial charge < -0.3 is 5.32 Å². The Bertz CT molecular complexity index is 1870. The predicted octanol–water partition coefficient (Wildman–Crippen LogP) is 9.80. The average molecular weight is 719 g/mol. The minimum Gasteiger partial charge on any atom is -0.349 e. The van der Waals surface area contributed by atoms with E-state index in [1.54, 1.807) is 0 Å². The summed E-state index contributed by atoms with van der Waals surface area (Å²) in [7, 11) is 0. The molecule has 0 bridgehead atoms. The molecule has 0 aliphatic heterocycles. The van der Waals surface area contributed by atoms with Gasteiger partial charge in [0.25, 0.3) is 4.06 Å². The summed E-state index contributed by atoms with van der Waals surface area (Å²) in [5.74, 6) is 0.552. The lowest BCUT2D eigenvalue weighted by Crippen LogP contribution is -2.36. The second-order valence-electron chi connectivity index (χ2n) is 12.0. The zero-order valence-electron chi connectivity index (χ0n) is 26.7. The van der Waals surface area contributed by atoms with Gasteiger partial charge in [0.15, 0.2) is 15.4 Å². The quantitative estimate of drug-likeness (QED) is 0.164. The Hall–Kier alpha value is -2.62. The number of alkyl halides is 2. The van der Waals surface area contributed by atoms with Crippen LogP contribution in [0.15, 0.2) is 71.1 Å². The van der Waals surface area contributed by atoms with Crippen molar-refractivity contribution in [2.45, 2.75) is 71.2 Å². The van der Waals surface area contributed by atoms with E-state index in [0.29, 0.717) is 23.8 Å². The maximum absolute atomic E-state index is 12.5. The lowest BCUT2D eigenvalue weighted by atomic mass is 9.85. The lowest BCUT2D eigenvalue weighted by molar-refractivity contribution is -0.127. The third-order valence-corrected chi connectivity index (χ3v) is 12.4. The Balaban J connectivity index is 0.000000164. The van der Waals surface area contributed by atoms with Gasteiger partial charge in [0.05, 0.1) is 22.5 Å². The van der Waals surface area contributed by atoms with Crippen LogP contribution in [0.2, 0.25) is 5.02 Å². The molecule has 2 aromatic carbocycles. The Labute approximate surface area is 292 Å². The molecule has 1 N–H and O–H groups in total. The number of aromatic nitrogens is 2. The summed E-state index contributed by atoms with van der Waals surface area (Å²) in [6.07, 6.45) is 4.30. The molecule has 46 heavy (non-hydrogen) atoms. The van der Waals surface area contributed by atoms with E-state index < -0.39 is 9.75 Å². The van der Waals surface area contributed by atoms with Crippen molar-refractivity contribution in [3.8, 4) is 0 Å². The number of carbonyl (C=O) groups excluding carboxylic acids is 2. The van der Waals surface area contributed by atoms with E-state index in [1.807, 2.05) is 90.1 Å². The van der Waals surface area contributed by atoms with Gasteiger partial charge >= 0.3 is 0 Å². The van der Waals surface area contributed by atoms with E-state index in [0.717, 1.165) is 72.1 Å². The fraction of sp³-hybridized carbons (Fsp3) is 0.400. The first kappa shape index (κ1) is 36.2. The van der Waals surface area contributed by atoms with Crippen LogP contribution < -0.4 is 9.37 Å². The van der Waals surface area contributed by atoms with E-state index in [9.17, 15) is 14.4 Å². The van der Waals surface area contributed by atoms with Gasteiger partial charge in [-0.05, 0) is 87.4 Å². The van der Waals surface area contributed by atoms with Crippen LogP contribution >= 0.6 is 57.5 Å². The molecule has 2 heterocycles. The van der Waals surface area contributed by atoms with Crippen LogP contribution in [0.1, 0.15) is 71.0 Å². The highest BCUT2D eigenvalue weighted by atomic mass is 35.5. The molecule has 2 aliphatic rings. The molecule has 4 aromatic rings. The van der Waals surface area contributed by atoms with Crippen molar-refractivity contribution >= 4 is 89.9 Å². The third-order valence-electron chi connectivity index (χ3n) is 8.87. The molecule has 1 amide bonds. The number of allylic oxidation sites excluding steroid dienone is 3. The van der Waals surface area contributed by atoms with Crippen LogP contribution in [0, 0.1) is 24.2 Å². The van der Waals surface area contributed by atoms with Crippen molar-refractivity contribution in [1.29, 1.82) is 0 Å². The summed E-state index contributed by atoms with van der Waals surface area (Å²) in [5, 5.41) is 3.68. The number of nitrogens with zero attached hydrogens (tertiary/aromatic N) is 2. The number of aryl methyl sites for hydroxylation is 1. The number of rotatable bonds is 5. The van der Waals surface area contributed by atoms with Crippen LogP contribution in [-0.2, 0) is 9.59 Å². The largest absolute Gasteiger partial charge is 0.349 e. The minimum atomic E-state index is -0.967. The van der Waals surface area contributed by atoms with Gasteiger partial charge in [-0.2, -0.15) is 0 Å². The van der Waals surface area contributed by atoms with Crippen LogP contribution in [0.5, 0.6) is 0 Å². The third kappa shape index (κ3) is 7.74. The number of carbonyl (C=O) groups is 2. The second-order valence-corrected chi connectivity index (χ2v) is 16.0. The minimum absolute atomic E-state index is 0.0410. The number of hydrogen-bond donors (Lipinski definition) is 1. The first-order valence-electron chi connectivity index (χ1n) is 15.1. The first-order valence-corrected chi connectivity index (χ1v) is 17.8. The van der Waals surface area contributed by atoms with E-state index in [1.165, 1.54) is 0 Å². The molecule has 0 spiro atoms. The smallest absolute Gasteiger partial charge is 0.291 e. The fourth-order valence-electron chi connectivity index (χ4n) is 5.57. The molecule has 2 aromatic heterocycles. The van der Waals surface area contributed by atoms with Gasteiger partial charge in [0.2, 0.25) is 5.91 Å². The summed E-state index contributed by atoms with van der Waals surface area (Å²) in [5.41, 5.74) is 5.22. The number of nitrogens with one attached hydrogen (secondary N) is 1. The molecule has 1 saturated carbocycles. The summed E-state index contributed by atoms with van der Waals surface area (Å²) in [4.78, 5) is 45.2. The summed E-state index contributed by atoms with van der Waals surface area (Å²) >= 11 is 20.7. The molecule has 0 saturated heterocycles. The SMILES string of the molecule is C=C(C)C1CC=C(C)C(=O)C1.CCC1(C(=O)NC(C)c2ccc(Cl)cc2)C(C)C1(Cl)Cl.Cc1ccc2nc3sc(=O)sc3nc2c1. The maximum Gasteiger partial charge on any atom is 0.291 e. The summed E-state index contributed by atoms with van der Waals surface area (Å²) < 4.78 is -0.914. The molecule has 1 fully saturated rings. The highest BCUT2D eigenvalue weighted by Gasteiger charge is 2.76. The van der Waals surface area contributed by atoms with Gasteiger partial charge in [-0.3, -0.25) is 14.4 Å². The van der Waals surface area contributed by atoms with E-state index >= 15 is 0 Å². The van der Waals surface area contributed by atoms with E-state index in [-0.39, 0.29) is 27.7 Å². The highest BCUT2D eigenvalue weighted by Crippen LogP contribution is 2.70. The Morgan fingerprint density at radius 2 is 1.65 bits per heavy atom. The molecule has 0 radical (unpaired) electrons. The highest BCUT2D eigenvalue weighted by molar-refractivity contribution is 7.35. The normalized spacial score (nSPS) is 22.1. The predicted molar refractivity (Wildman–Crippen MR) is 194 cm³/mol. The van der Waals surface area contributed by atoms with Crippen molar-refractivity contribution in [3.05, 3.63) is 91.3 Å². The molecule has 244 valence electrons. The van der Waals surface area contributed by atoms with Crippen molar-refractivity contribution in [1.82, 2.24) is 15.3 Å². The number of benzene rings is 2. The monoisotopic (exact) mass is 717 g/mol. The topological polar surface area (TPSA) is 89.0 Å². The number of halogens is 3. The van der Waals surface area contributed by atoms with E-state index in [2.05, 4.69) is 21.9 Å². The van der Waals surface area contributed by atoms with Gasteiger partial charge in [-0.25, -0.2) is 9.97 Å². The standard InChI is InChI=1S/C15H18Cl3NO.C10H6N2OS2.C10H14O/c1-4-14(10(3)15(14,17)18)13(20)19-9(2)11-5-7-12(16)8-6-11;1-5-2-3-6-7(4-5)12-9-8(11-6)14-10(13)15-9;1-7(2)9-5-4-8(3)10(11)6-9/h5-10H,4H2,1-3H3,(H,19,20);2-4H,1H3;4,9H,1,5-6H2,2-3H3. The Kier molecular flexibility index (Phi) is 11.5. The Morgan fingerprint density at radius 1 is 1.07 bits per heavy atom. The van der Waals surface area contributed by atoms with Gasteiger partial charge in [0.1, 0.15) is 4.33 Å². The van der Waals surface area contributed by atoms with Gasteiger partial charge in [0, 0.05) is 17.4 Å². The average Bonchev–Trinajstić information content (AvgIpc) is 3.23. The first-order chi connectivity index (χ1) is 21.6. The molecule has 6 rings (SSSR count). The lowest BCUT2D eigenvalue weighted by Gasteiger charge is -2.20. The van der Waals surface area contributed by atoms with Crippen molar-refractivity contribution < 1.29 is 9.59 Å². The molecular formula is C35H38Cl3N3O3S2. The molecule has 6 nitrogen and oxygen atoms in total. The zero-order valence-corrected chi connectivity index (χ0v) is 30.6. The number of fused-ring (bicyclic) bond motifs is 2. The van der Waals surface area contributed by atoms with Crippen LogP contribution in [0.4, 0.5) is 0 Å². The summed E-state index contributed by atoms with van der Waals surface area (Å²) in [6, 6.07) is 13.2. The van der Waals surface area contributed by atoms with Crippen LogP contribution in [0.3, 0.4) is 0 Å². The Morgan fingerprint density at radius 3 is 2.17 bits per heavy atom. The van der Waals surface area contributed by atoms with Gasteiger partial charge in [-0.15, -0.1) is 23.2 Å². The number of ketones is 1. The van der Waals surface area contributed by atoms with E-state index in [4.69, 9.17) is 34.8 Å². The number of Topliss-reactive ketones (excluding diaryl/α,β-unsaturated/α-hetero) is 1. The number of amides is 1. The van der Waals surface area contributed by atoms with Crippen molar-refractivity contribution in [2.24, 2.45) is 17.3 Å². The van der Waals surface area contributed by atoms with Crippen molar-refractivity contribution in [2.75, 3.05) is 0 Å². The molecule has 11 heteroatoms. The molecule has 2 aliphatic carbocycles. The van der Waals surface area contributed by atoms with Crippen LogP contribution in [0.25, 0.3) is 20.7 Å². The fourth-order valence-corrected chi connectivity index (χ4v) is 8.49.